The van der Waals surface area contributed by atoms with E-state index in [0.29, 0.717) is 44.8 Å². The van der Waals surface area contributed by atoms with Crippen molar-refractivity contribution in [2.45, 2.75) is 19.9 Å². The molecule has 0 saturated heterocycles. The van der Waals surface area contributed by atoms with Crippen LogP contribution in [-0.4, -0.2) is 62.1 Å². The van der Waals surface area contributed by atoms with E-state index >= 15 is 0 Å². The van der Waals surface area contributed by atoms with E-state index in [1.807, 2.05) is 18.3 Å². The maximum atomic E-state index is 14.6. The van der Waals surface area contributed by atoms with Crippen molar-refractivity contribution in [1.29, 1.82) is 0 Å². The zero-order chi connectivity index (χ0) is 28.6. The van der Waals surface area contributed by atoms with E-state index in [0.717, 1.165) is 35.4 Å². The van der Waals surface area contributed by atoms with Gasteiger partial charge in [0.25, 0.3) is 0 Å². The van der Waals surface area contributed by atoms with Gasteiger partial charge in [-0.05, 0) is 60.0 Å². The van der Waals surface area contributed by atoms with Crippen LogP contribution < -0.4 is 5.32 Å². The van der Waals surface area contributed by atoms with Gasteiger partial charge >= 0.3 is 0 Å². The molecule has 12 heteroatoms. The van der Waals surface area contributed by atoms with Crippen LogP contribution in [0.3, 0.4) is 0 Å². The molecule has 0 aliphatic rings. The minimum atomic E-state index is -3.19. The number of aryl methyl sites for hydroxylation is 1. The fourth-order valence-corrected chi connectivity index (χ4v) is 5.33. The molecule has 6 rings (SSSR count). The second-order valence-corrected chi connectivity index (χ2v) is 12.2. The first kappa shape index (κ1) is 26.7. The van der Waals surface area contributed by atoms with Crippen molar-refractivity contribution in [3.05, 3.63) is 78.1 Å². The second kappa shape index (κ2) is 10.8. The highest BCUT2D eigenvalue weighted by Gasteiger charge is 2.18. The molecule has 0 unspecified atom stereocenters. The Balaban J connectivity index is 1.39. The lowest BCUT2D eigenvalue weighted by Crippen LogP contribution is -2.11. The van der Waals surface area contributed by atoms with Crippen LogP contribution in [0, 0.1) is 5.82 Å². The summed E-state index contributed by atoms with van der Waals surface area (Å²) in [5, 5.41) is 10.8. The van der Waals surface area contributed by atoms with E-state index in [4.69, 9.17) is 9.97 Å². The lowest BCUT2D eigenvalue weighted by molar-refractivity contribution is 0.600. The average Bonchev–Trinajstić information content (AvgIpc) is 3.58. The van der Waals surface area contributed by atoms with E-state index < -0.39 is 15.7 Å². The zero-order valence-electron chi connectivity index (χ0n) is 22.4. The third kappa shape index (κ3) is 5.70. The quantitative estimate of drug-likeness (QED) is 0.231. The fourth-order valence-electron chi connectivity index (χ4n) is 4.73. The molecular weight excluding hydrogens is 543 g/mol. The van der Waals surface area contributed by atoms with Crippen LogP contribution in [0.25, 0.3) is 56.0 Å². The summed E-state index contributed by atoms with van der Waals surface area (Å²) in [7, 11) is -3.19. The van der Waals surface area contributed by atoms with Crippen LogP contribution in [0.5, 0.6) is 0 Å². The van der Waals surface area contributed by atoms with Crippen LogP contribution in [0.15, 0.2) is 61.2 Å². The van der Waals surface area contributed by atoms with E-state index in [1.54, 1.807) is 24.7 Å². The van der Waals surface area contributed by atoms with Gasteiger partial charge in [0.05, 0.1) is 34.2 Å². The van der Waals surface area contributed by atoms with Crippen molar-refractivity contribution in [2.24, 2.45) is 0 Å². The lowest BCUT2D eigenvalue weighted by Gasteiger charge is -2.07. The van der Waals surface area contributed by atoms with Crippen molar-refractivity contribution < 1.29 is 12.8 Å². The minimum Gasteiger partial charge on any atom is -0.335 e. The van der Waals surface area contributed by atoms with Gasteiger partial charge in [0, 0.05) is 42.5 Å². The lowest BCUT2D eigenvalue weighted by atomic mass is 10.0. The van der Waals surface area contributed by atoms with Crippen molar-refractivity contribution in [3.63, 3.8) is 0 Å². The molecule has 208 valence electrons. The molecule has 0 radical (unpaired) electrons. The average molecular weight is 571 g/mol. The molecule has 5 heterocycles. The Kier molecular flexibility index (Phi) is 7.01. The van der Waals surface area contributed by atoms with Gasteiger partial charge in [-0.1, -0.05) is 13.0 Å². The number of nitrogens with one attached hydrogen (secondary N) is 3. The standard InChI is InChI=1S/C29H27FN8O2S/c1-3-31-12-18-9-20(14-32-13-18)23-4-5-24-27(34-23)28(38-37-24)29-35-25-16-33-15-22(26(25)36-29)19-8-17(10-21(30)11-19)6-7-41(2,39)40/h4-5,8-11,13-16,31H,3,6-7,12H2,1-2H3,(H,35,36)(H,37,38). The Morgan fingerprint density at radius 1 is 0.902 bits per heavy atom. The number of hydrogen-bond acceptors (Lipinski definition) is 8. The number of nitrogens with zero attached hydrogens (tertiary/aromatic N) is 5. The predicted molar refractivity (Wildman–Crippen MR) is 156 cm³/mol. The van der Waals surface area contributed by atoms with E-state index in [1.165, 1.54) is 18.4 Å². The van der Waals surface area contributed by atoms with Crippen molar-refractivity contribution in [3.8, 4) is 33.9 Å². The molecule has 1 aromatic carbocycles. The van der Waals surface area contributed by atoms with Crippen LogP contribution >= 0.6 is 0 Å². The molecule has 0 spiro atoms. The van der Waals surface area contributed by atoms with Gasteiger partial charge in [0.1, 0.15) is 21.2 Å². The number of pyridine rings is 3. The highest BCUT2D eigenvalue weighted by molar-refractivity contribution is 7.90. The largest absolute Gasteiger partial charge is 0.335 e. The highest BCUT2D eigenvalue weighted by Crippen LogP contribution is 2.32. The summed E-state index contributed by atoms with van der Waals surface area (Å²) in [6, 6.07) is 10.4. The van der Waals surface area contributed by atoms with Gasteiger partial charge < -0.3 is 10.3 Å². The molecule has 0 aliphatic carbocycles. The van der Waals surface area contributed by atoms with Gasteiger partial charge in [0.2, 0.25) is 0 Å². The highest BCUT2D eigenvalue weighted by atomic mass is 32.2. The Labute approximate surface area is 235 Å². The van der Waals surface area contributed by atoms with Crippen LogP contribution in [0.1, 0.15) is 18.1 Å². The monoisotopic (exact) mass is 570 g/mol. The molecule has 3 N–H and O–H groups in total. The summed E-state index contributed by atoms with van der Waals surface area (Å²) < 4.78 is 37.9. The predicted octanol–water partition coefficient (Wildman–Crippen LogP) is 4.46. The summed E-state index contributed by atoms with van der Waals surface area (Å²) >= 11 is 0. The smallest absolute Gasteiger partial charge is 0.161 e. The maximum Gasteiger partial charge on any atom is 0.161 e. The first-order valence-electron chi connectivity index (χ1n) is 13.1. The molecule has 5 aromatic heterocycles. The van der Waals surface area contributed by atoms with Crippen molar-refractivity contribution >= 4 is 31.9 Å². The first-order valence-corrected chi connectivity index (χ1v) is 15.2. The summed E-state index contributed by atoms with van der Waals surface area (Å²) in [6.07, 6.45) is 8.26. The number of halogens is 1. The first-order chi connectivity index (χ1) is 19.8. The molecule has 0 amide bonds. The molecule has 0 fully saturated rings. The molecular formula is C29H27FN8O2S. The van der Waals surface area contributed by atoms with Gasteiger partial charge in [-0.25, -0.2) is 22.8 Å². The summed E-state index contributed by atoms with van der Waals surface area (Å²) in [5.41, 5.74) is 7.62. The van der Waals surface area contributed by atoms with Gasteiger partial charge in [-0.15, -0.1) is 0 Å². The fraction of sp³-hybridized carbons (Fsp3) is 0.207. The van der Waals surface area contributed by atoms with E-state index in [9.17, 15) is 12.8 Å². The zero-order valence-corrected chi connectivity index (χ0v) is 23.3. The van der Waals surface area contributed by atoms with Crippen LogP contribution in [-0.2, 0) is 22.8 Å². The molecule has 0 bridgehead atoms. The van der Waals surface area contributed by atoms with Gasteiger partial charge in [-0.3, -0.25) is 15.1 Å². The van der Waals surface area contributed by atoms with E-state index in [2.05, 4.69) is 43.5 Å². The molecule has 10 nitrogen and oxygen atoms in total. The van der Waals surface area contributed by atoms with Gasteiger partial charge in [-0.2, -0.15) is 5.10 Å². The number of H-pyrrole nitrogens is 2. The third-order valence-electron chi connectivity index (χ3n) is 6.73. The van der Waals surface area contributed by atoms with Crippen molar-refractivity contribution in [2.75, 3.05) is 18.6 Å². The Bertz CT molecular complexity index is 2000. The maximum absolute atomic E-state index is 14.6. The number of hydrogen-bond donors (Lipinski definition) is 3. The normalized spacial score (nSPS) is 12.0. The molecule has 0 aliphatic heterocycles. The Hall–Kier alpha value is -4.55. The SMILES string of the molecule is CCNCc1cncc(-c2ccc3[nH]nc(-c4nc5c(-c6cc(F)cc(CCS(C)(=O)=O)c6)cncc5[nH]4)c3n2)c1. The molecule has 41 heavy (non-hydrogen) atoms. The second-order valence-electron chi connectivity index (χ2n) is 9.92. The summed E-state index contributed by atoms with van der Waals surface area (Å²) in [6.45, 7) is 3.64. The van der Waals surface area contributed by atoms with Crippen LogP contribution in [0.2, 0.25) is 0 Å². The van der Waals surface area contributed by atoms with Crippen LogP contribution in [0.4, 0.5) is 4.39 Å². The minimum absolute atomic E-state index is 0.0674. The molecule has 0 atom stereocenters. The molecule has 0 saturated carbocycles. The number of imidazole rings is 1. The number of rotatable bonds is 9. The van der Waals surface area contributed by atoms with E-state index in [-0.39, 0.29) is 12.2 Å². The Morgan fingerprint density at radius 2 is 1.73 bits per heavy atom. The summed E-state index contributed by atoms with van der Waals surface area (Å²) in [5.74, 6) is -0.0436. The van der Waals surface area contributed by atoms with Gasteiger partial charge in [0.15, 0.2) is 11.5 Å². The number of aromatic nitrogens is 7. The third-order valence-corrected chi connectivity index (χ3v) is 7.67. The van der Waals surface area contributed by atoms with Crippen molar-refractivity contribution in [1.82, 2.24) is 40.4 Å². The summed E-state index contributed by atoms with van der Waals surface area (Å²) in [4.78, 5) is 21.7. The Morgan fingerprint density at radius 3 is 2.56 bits per heavy atom. The number of benzene rings is 1. The number of sulfone groups is 1. The number of fused-ring (bicyclic) bond motifs is 2. The molecule has 6 aromatic rings. The topological polar surface area (TPSA) is 142 Å². The number of aromatic amines is 2.